The molecule has 3 aromatic heterocycles. The van der Waals surface area contributed by atoms with Gasteiger partial charge in [0.25, 0.3) is 0 Å². The van der Waals surface area contributed by atoms with Crippen molar-refractivity contribution in [3.05, 3.63) is 195 Å². The zero-order valence-corrected chi connectivity index (χ0v) is 44.4. The van der Waals surface area contributed by atoms with Crippen molar-refractivity contribution in [1.29, 1.82) is 0 Å². The Morgan fingerprint density at radius 1 is 0.805 bits per heavy atom. The minimum atomic E-state index is -0.620. The smallest absolute Gasteiger partial charge is 0.326 e. The van der Waals surface area contributed by atoms with Crippen LogP contribution in [-0.4, -0.2) is 124 Å². The van der Waals surface area contributed by atoms with Crippen LogP contribution >= 0.6 is 23.2 Å². The molecule has 0 spiro atoms. The summed E-state index contributed by atoms with van der Waals surface area (Å²) >= 11 is 12.7. The van der Waals surface area contributed by atoms with Gasteiger partial charge in [0, 0.05) is 90.2 Å². The van der Waals surface area contributed by atoms with E-state index in [-0.39, 0.29) is 75.7 Å². The van der Waals surface area contributed by atoms with Gasteiger partial charge < -0.3 is 33.3 Å². The second-order valence-corrected chi connectivity index (χ2v) is 20.1. The number of amides is 3. The minimum Gasteiger partial charge on any atom is -0.497 e. The number of aromatic nitrogens is 4. The highest BCUT2D eigenvalue weighted by atomic mass is 35.5. The van der Waals surface area contributed by atoms with Crippen LogP contribution in [0.15, 0.2) is 145 Å². The van der Waals surface area contributed by atoms with Gasteiger partial charge in [-0.25, -0.2) is 13.9 Å². The highest BCUT2D eigenvalue weighted by molar-refractivity contribution is 6.30. The predicted molar refractivity (Wildman–Crippen MR) is 292 cm³/mol. The topological polar surface area (TPSA) is 146 Å². The molecule has 1 fully saturated rings. The van der Waals surface area contributed by atoms with E-state index < -0.39 is 12.1 Å². The third kappa shape index (κ3) is 12.2. The fraction of sp³-hybridized carbons (Fsp3) is 0.288. The zero-order chi connectivity index (χ0) is 53.6. The number of carbonyl (C=O) groups is 3. The van der Waals surface area contributed by atoms with E-state index in [0.717, 1.165) is 50.2 Å². The third-order valence-electron chi connectivity index (χ3n) is 13.7. The number of pyridine rings is 1. The first-order valence-corrected chi connectivity index (χ1v) is 26.3. The molecule has 0 radical (unpaired) electrons. The number of carbonyl (C=O) groups excluding carboxylic acids is 3. The van der Waals surface area contributed by atoms with Crippen LogP contribution in [0.1, 0.15) is 76.2 Å². The number of urea groups is 1. The number of benzene rings is 4. The van der Waals surface area contributed by atoms with Gasteiger partial charge in [-0.1, -0.05) is 65.7 Å². The Morgan fingerprint density at radius 2 is 1.57 bits per heavy atom. The van der Waals surface area contributed by atoms with E-state index in [9.17, 15) is 14.0 Å². The normalized spacial score (nSPS) is 16.2. The maximum absolute atomic E-state index is 15.1. The number of rotatable bonds is 19. The molecule has 10 rings (SSSR count). The lowest BCUT2D eigenvalue weighted by Gasteiger charge is -2.38. The Balaban J connectivity index is 0.706. The molecule has 0 saturated carbocycles. The molecular formula is C59H57Cl2FN8O7. The van der Waals surface area contributed by atoms with Gasteiger partial charge in [-0.05, 0) is 102 Å². The van der Waals surface area contributed by atoms with E-state index in [1.54, 1.807) is 88.9 Å². The molecule has 4 aromatic carbocycles. The Bertz CT molecular complexity index is 3340. The fourth-order valence-corrected chi connectivity index (χ4v) is 10.1. The summed E-state index contributed by atoms with van der Waals surface area (Å²) in [5, 5.41) is 5.46. The number of hydrogen-bond donors (Lipinski definition) is 0. The molecule has 15 nitrogen and oxygen atoms in total. The molecule has 1 aliphatic carbocycles. The van der Waals surface area contributed by atoms with Crippen molar-refractivity contribution < 1.29 is 37.7 Å². The van der Waals surface area contributed by atoms with E-state index in [4.69, 9.17) is 52.1 Å². The number of aliphatic imine (C=N–C) groups is 1. The summed E-state index contributed by atoms with van der Waals surface area (Å²) in [6.07, 6.45) is 12.0. The second-order valence-electron chi connectivity index (χ2n) is 19.2. The summed E-state index contributed by atoms with van der Waals surface area (Å²) in [5.74, 6) is 0.776. The van der Waals surface area contributed by atoms with Gasteiger partial charge in [-0.2, -0.15) is 5.10 Å². The third-order valence-corrected chi connectivity index (χ3v) is 14.2. The Labute approximate surface area is 456 Å². The molecule has 5 heterocycles. The molecule has 2 aliphatic heterocycles. The highest BCUT2D eigenvalue weighted by Crippen LogP contribution is 2.46. The van der Waals surface area contributed by atoms with E-state index in [1.807, 2.05) is 61.0 Å². The average Bonchev–Trinajstić information content (AvgIpc) is 4.32. The van der Waals surface area contributed by atoms with Gasteiger partial charge in [0.1, 0.15) is 35.7 Å². The molecule has 0 bridgehead atoms. The maximum Gasteiger partial charge on any atom is 0.326 e. The summed E-state index contributed by atoms with van der Waals surface area (Å²) < 4.78 is 40.6. The van der Waals surface area contributed by atoms with Crippen LogP contribution in [0.3, 0.4) is 0 Å². The van der Waals surface area contributed by atoms with Crippen LogP contribution in [-0.2, 0) is 27.2 Å². The number of halogens is 3. The van der Waals surface area contributed by atoms with Crippen molar-refractivity contribution in [1.82, 2.24) is 34.0 Å². The summed E-state index contributed by atoms with van der Waals surface area (Å²) in [6.45, 7) is 6.11. The first kappa shape index (κ1) is 52.8. The molecular weight excluding hydrogens is 1020 g/mol. The Kier molecular flexibility index (Phi) is 16.3. The lowest BCUT2D eigenvalue weighted by Crippen LogP contribution is -2.56. The fourth-order valence-electron chi connectivity index (χ4n) is 9.83. The van der Waals surface area contributed by atoms with Crippen LogP contribution in [0.25, 0.3) is 16.7 Å². The van der Waals surface area contributed by atoms with Crippen molar-refractivity contribution in [2.24, 2.45) is 4.99 Å². The number of nitrogens with zero attached hydrogens (tertiary/aromatic N) is 8. The zero-order valence-electron chi connectivity index (χ0n) is 42.9. The van der Waals surface area contributed by atoms with Gasteiger partial charge in [0.05, 0.1) is 69.6 Å². The largest absolute Gasteiger partial charge is 0.497 e. The first-order chi connectivity index (χ1) is 37.4. The van der Waals surface area contributed by atoms with E-state index >= 15 is 4.79 Å². The number of amidine groups is 1. The molecule has 3 amide bonds. The summed E-state index contributed by atoms with van der Waals surface area (Å²) in [4.78, 5) is 56.9. The number of piperazine rings is 1. The van der Waals surface area contributed by atoms with Crippen LogP contribution < -0.4 is 9.47 Å². The first-order valence-electron chi connectivity index (χ1n) is 25.5. The van der Waals surface area contributed by atoms with Crippen molar-refractivity contribution in [3.63, 3.8) is 0 Å². The molecule has 396 valence electrons. The number of fused-ring (bicyclic) bond motifs is 1. The Hall–Kier alpha value is -7.63. The number of allylic oxidation sites excluding steroid dienone is 1. The molecule has 7 aromatic rings. The van der Waals surface area contributed by atoms with E-state index in [2.05, 4.69) is 29.5 Å². The maximum atomic E-state index is 15.1. The number of ether oxygens (including phenoxy) is 4. The van der Waals surface area contributed by atoms with Crippen LogP contribution in [0.4, 0.5) is 9.18 Å². The molecule has 0 N–H and O–H groups in total. The molecule has 3 aliphatic rings. The summed E-state index contributed by atoms with van der Waals surface area (Å²) in [5.41, 5.74) is 8.85. The van der Waals surface area contributed by atoms with Gasteiger partial charge in [-0.3, -0.25) is 24.5 Å². The van der Waals surface area contributed by atoms with Crippen molar-refractivity contribution in [3.8, 4) is 22.6 Å². The molecule has 2 atom stereocenters. The highest BCUT2D eigenvalue weighted by Gasteiger charge is 2.45. The van der Waals surface area contributed by atoms with E-state index in [0.29, 0.717) is 59.0 Å². The van der Waals surface area contributed by atoms with Crippen molar-refractivity contribution in [2.75, 3.05) is 59.7 Å². The molecule has 18 heteroatoms. The minimum absolute atomic E-state index is 0.112. The van der Waals surface area contributed by atoms with Crippen LogP contribution in [0, 0.1) is 5.82 Å². The monoisotopic (exact) mass is 1080 g/mol. The Morgan fingerprint density at radius 3 is 2.31 bits per heavy atom. The SMILES string of the molecule is COc1ccc(C2=N[C@H](c3ccc(Cl)cc3)[C@H](c3ccc(Cl)cc3)N2C(=O)N2CCN(CCOCCOCCC(=O)n3cc(-c4cnc5c(c4)C(c4ccn(Cc6cccc(F)c6)c4)=CC5)cn3)C(=O)C2)c(OC(C)C)c1. The lowest BCUT2D eigenvalue weighted by atomic mass is 9.93. The van der Waals surface area contributed by atoms with Gasteiger partial charge >= 0.3 is 6.03 Å². The van der Waals surface area contributed by atoms with Gasteiger partial charge in [0.15, 0.2) is 0 Å². The lowest BCUT2D eigenvalue weighted by molar-refractivity contribution is -0.135. The van der Waals surface area contributed by atoms with Crippen LogP contribution in [0.5, 0.6) is 11.5 Å². The van der Waals surface area contributed by atoms with E-state index in [1.165, 1.54) is 10.7 Å². The van der Waals surface area contributed by atoms with Gasteiger partial charge in [0.2, 0.25) is 11.8 Å². The predicted octanol–water partition coefficient (Wildman–Crippen LogP) is 10.6. The molecule has 1 saturated heterocycles. The average molecular weight is 1080 g/mol. The number of hydrogen-bond acceptors (Lipinski definition) is 10. The molecule has 77 heavy (non-hydrogen) atoms. The quantitative estimate of drug-likeness (QED) is 0.0722. The van der Waals surface area contributed by atoms with Crippen LogP contribution in [0.2, 0.25) is 10.0 Å². The van der Waals surface area contributed by atoms with Crippen molar-refractivity contribution >= 4 is 52.5 Å². The summed E-state index contributed by atoms with van der Waals surface area (Å²) in [7, 11) is 1.58. The standard InChI is InChI=1S/C59H57Cl2FN8O7/c1-38(2)77-53-31-48(74-3)15-16-50(53)58-65-56(40-7-11-45(60)12-8-40)57(41-9-13-46(61)14-10-41)70(58)59(73)68-23-22-67(55(72)37-68)24-26-76-28-27-75-25-20-54(71)69-36-44(33-64-69)43-30-51-49(17-18-52(51)63-32-43)42-19-21-66(35-42)34-39-5-4-6-47(62)29-39/h4-17,19,21,29-33,35-36,38,56-57H,18,20,22-28,34,37H2,1-3H3/t56-,57+/m1/s1. The van der Waals surface area contributed by atoms with Gasteiger partial charge in [-0.15, -0.1) is 0 Å². The summed E-state index contributed by atoms with van der Waals surface area (Å²) in [6, 6.07) is 29.4. The molecule has 0 unspecified atom stereocenters. The van der Waals surface area contributed by atoms with Crippen molar-refractivity contribution in [2.45, 2.75) is 51.4 Å². The number of methoxy groups -OCH3 is 1. The second kappa shape index (κ2) is 23.7.